The lowest BCUT2D eigenvalue weighted by Crippen LogP contribution is -2.34. The molecule has 2 aromatic rings. The normalized spacial score (nSPS) is 16.1. The first-order valence-electron chi connectivity index (χ1n) is 8.28. The number of nitro groups is 1. The average molecular weight is 346 g/mol. The lowest BCUT2D eigenvalue weighted by Gasteiger charge is -2.23. The summed E-state index contributed by atoms with van der Waals surface area (Å²) in [4.78, 5) is 12.4. The molecule has 0 saturated heterocycles. The largest absolute Gasteiger partial charge is 0.497 e. The fourth-order valence-corrected chi connectivity index (χ4v) is 3.20. The molecule has 1 aliphatic heterocycles. The van der Waals surface area contributed by atoms with Gasteiger partial charge in [0, 0.05) is 13.1 Å². The minimum Gasteiger partial charge on any atom is -0.497 e. The van der Waals surface area contributed by atoms with Crippen molar-refractivity contribution >= 4 is 5.69 Å². The number of methoxy groups -OCH3 is 1. The highest BCUT2D eigenvalue weighted by Gasteiger charge is 2.19. The molecule has 1 N–H and O–H groups in total. The maximum absolute atomic E-state index is 10.7. The van der Waals surface area contributed by atoms with Gasteiger partial charge in [-0.1, -0.05) is 6.07 Å². The molecule has 0 bridgehead atoms. The standard InChI is InChI=1S/C17H22N4O4/c1-25-17-5-4-14-9-19(6-2-3-13(14)7-17)11-16(22)12-20-10-15(8-18-20)21(23)24/h4-5,7-8,10,16,22H,2-3,6,9,11-12H2,1H3. The van der Waals surface area contributed by atoms with Crippen LogP contribution in [0.2, 0.25) is 0 Å². The first-order chi connectivity index (χ1) is 12.0. The van der Waals surface area contributed by atoms with E-state index in [1.165, 1.54) is 28.2 Å². The van der Waals surface area contributed by atoms with E-state index in [0.717, 1.165) is 31.7 Å². The maximum atomic E-state index is 10.7. The van der Waals surface area contributed by atoms with Gasteiger partial charge in [-0.2, -0.15) is 5.10 Å². The van der Waals surface area contributed by atoms with Crippen LogP contribution < -0.4 is 4.74 Å². The van der Waals surface area contributed by atoms with E-state index in [1.807, 2.05) is 6.07 Å². The Balaban J connectivity index is 1.60. The number of fused-ring (bicyclic) bond motifs is 1. The van der Waals surface area contributed by atoms with Gasteiger partial charge in [0.1, 0.15) is 18.1 Å². The van der Waals surface area contributed by atoms with Gasteiger partial charge in [0.2, 0.25) is 0 Å². The highest BCUT2D eigenvalue weighted by Crippen LogP contribution is 2.23. The van der Waals surface area contributed by atoms with Gasteiger partial charge in [0.25, 0.3) is 0 Å². The van der Waals surface area contributed by atoms with Gasteiger partial charge in [-0.05, 0) is 42.6 Å². The maximum Gasteiger partial charge on any atom is 0.306 e. The van der Waals surface area contributed by atoms with Crippen molar-refractivity contribution in [3.8, 4) is 5.75 Å². The first kappa shape index (κ1) is 17.4. The van der Waals surface area contributed by atoms with Crippen molar-refractivity contribution in [3.05, 3.63) is 51.8 Å². The molecule has 0 amide bonds. The van der Waals surface area contributed by atoms with E-state index in [9.17, 15) is 15.2 Å². The molecule has 25 heavy (non-hydrogen) atoms. The molecule has 0 saturated carbocycles. The quantitative estimate of drug-likeness (QED) is 0.631. The molecule has 0 spiro atoms. The molecule has 1 unspecified atom stereocenters. The van der Waals surface area contributed by atoms with Crippen LogP contribution in [-0.4, -0.2) is 51.0 Å². The van der Waals surface area contributed by atoms with Crippen molar-refractivity contribution in [2.75, 3.05) is 20.2 Å². The number of aliphatic hydroxyl groups excluding tert-OH is 1. The number of hydrogen-bond acceptors (Lipinski definition) is 6. The Morgan fingerprint density at radius 3 is 2.96 bits per heavy atom. The van der Waals surface area contributed by atoms with Gasteiger partial charge in [0.05, 0.1) is 24.7 Å². The third kappa shape index (κ3) is 4.34. The number of nitrogens with zero attached hydrogens (tertiary/aromatic N) is 4. The highest BCUT2D eigenvalue weighted by atomic mass is 16.6. The van der Waals surface area contributed by atoms with Crippen LogP contribution in [0.5, 0.6) is 5.75 Å². The predicted molar refractivity (Wildman–Crippen MR) is 91.5 cm³/mol. The smallest absolute Gasteiger partial charge is 0.306 e. The van der Waals surface area contributed by atoms with Crippen molar-refractivity contribution < 1.29 is 14.8 Å². The molecule has 2 heterocycles. The Morgan fingerprint density at radius 2 is 2.24 bits per heavy atom. The number of benzene rings is 1. The summed E-state index contributed by atoms with van der Waals surface area (Å²) in [6, 6.07) is 6.12. The zero-order chi connectivity index (χ0) is 17.8. The summed E-state index contributed by atoms with van der Waals surface area (Å²) >= 11 is 0. The lowest BCUT2D eigenvalue weighted by atomic mass is 10.0. The zero-order valence-electron chi connectivity index (χ0n) is 14.2. The SMILES string of the molecule is COc1ccc2c(c1)CCCN(CC(O)Cn1cc([N+](=O)[O-])cn1)C2. The molecule has 8 heteroatoms. The fourth-order valence-electron chi connectivity index (χ4n) is 3.20. The predicted octanol–water partition coefficient (Wildman–Crippen LogP) is 1.61. The van der Waals surface area contributed by atoms with E-state index in [2.05, 4.69) is 22.1 Å². The van der Waals surface area contributed by atoms with Gasteiger partial charge in [0.15, 0.2) is 0 Å². The fraction of sp³-hybridized carbons (Fsp3) is 0.471. The molecule has 0 aliphatic carbocycles. The Morgan fingerprint density at radius 1 is 1.40 bits per heavy atom. The van der Waals surface area contributed by atoms with Gasteiger partial charge in [-0.25, -0.2) is 0 Å². The molecular weight excluding hydrogens is 324 g/mol. The Kier molecular flexibility index (Phi) is 5.30. The third-order valence-electron chi connectivity index (χ3n) is 4.43. The number of aryl methyl sites for hydroxylation is 1. The number of aliphatic hydroxyl groups is 1. The zero-order valence-corrected chi connectivity index (χ0v) is 14.2. The summed E-state index contributed by atoms with van der Waals surface area (Å²) in [5.41, 5.74) is 2.48. The second kappa shape index (κ2) is 7.62. The van der Waals surface area contributed by atoms with Crippen molar-refractivity contribution in [1.82, 2.24) is 14.7 Å². The van der Waals surface area contributed by atoms with Crippen LogP contribution in [0, 0.1) is 10.1 Å². The summed E-state index contributed by atoms with van der Waals surface area (Å²) < 4.78 is 6.70. The first-order valence-corrected chi connectivity index (χ1v) is 8.28. The molecule has 0 fully saturated rings. The van der Waals surface area contributed by atoms with Crippen LogP contribution in [0.25, 0.3) is 0 Å². The molecule has 1 aliphatic rings. The number of rotatable bonds is 6. The van der Waals surface area contributed by atoms with Crippen LogP contribution in [-0.2, 0) is 19.5 Å². The monoisotopic (exact) mass is 346 g/mol. The summed E-state index contributed by atoms with van der Waals surface area (Å²) in [6.45, 7) is 2.40. The number of hydrogen-bond donors (Lipinski definition) is 1. The summed E-state index contributed by atoms with van der Waals surface area (Å²) in [5.74, 6) is 0.868. The van der Waals surface area contributed by atoms with Gasteiger partial charge in [-0.15, -0.1) is 0 Å². The molecule has 3 rings (SSSR count). The molecule has 134 valence electrons. The summed E-state index contributed by atoms with van der Waals surface area (Å²) in [6.07, 6.45) is 3.90. The van der Waals surface area contributed by atoms with E-state index >= 15 is 0 Å². The molecule has 1 atom stereocenters. The van der Waals surface area contributed by atoms with E-state index in [1.54, 1.807) is 7.11 Å². The van der Waals surface area contributed by atoms with E-state index in [-0.39, 0.29) is 12.2 Å². The lowest BCUT2D eigenvalue weighted by molar-refractivity contribution is -0.385. The Bertz CT molecular complexity index is 746. The number of aromatic nitrogens is 2. The van der Waals surface area contributed by atoms with Gasteiger partial charge < -0.3 is 9.84 Å². The van der Waals surface area contributed by atoms with Gasteiger partial charge in [-0.3, -0.25) is 19.7 Å². The Labute approximate surface area is 145 Å². The highest BCUT2D eigenvalue weighted by molar-refractivity contribution is 5.36. The third-order valence-corrected chi connectivity index (χ3v) is 4.43. The minimum atomic E-state index is -0.640. The van der Waals surface area contributed by atoms with E-state index in [0.29, 0.717) is 6.54 Å². The molecular formula is C17H22N4O4. The molecule has 1 aromatic carbocycles. The summed E-state index contributed by atoms with van der Waals surface area (Å²) in [5, 5.41) is 24.9. The van der Waals surface area contributed by atoms with Crippen molar-refractivity contribution in [3.63, 3.8) is 0 Å². The molecule has 1 aromatic heterocycles. The molecule has 0 radical (unpaired) electrons. The van der Waals surface area contributed by atoms with Crippen LogP contribution in [0.4, 0.5) is 5.69 Å². The van der Waals surface area contributed by atoms with Crippen LogP contribution >= 0.6 is 0 Å². The van der Waals surface area contributed by atoms with Crippen molar-refractivity contribution in [2.45, 2.75) is 32.0 Å². The summed E-state index contributed by atoms with van der Waals surface area (Å²) in [7, 11) is 1.67. The van der Waals surface area contributed by atoms with E-state index < -0.39 is 11.0 Å². The van der Waals surface area contributed by atoms with Crippen molar-refractivity contribution in [2.24, 2.45) is 0 Å². The van der Waals surface area contributed by atoms with Crippen LogP contribution in [0.1, 0.15) is 17.5 Å². The van der Waals surface area contributed by atoms with Gasteiger partial charge >= 0.3 is 5.69 Å². The number of β-amino-alcohol motifs (C(OH)–C–C–N with tert-alkyl or cyclic N) is 1. The second-order valence-electron chi connectivity index (χ2n) is 6.30. The topological polar surface area (TPSA) is 93.7 Å². The van der Waals surface area contributed by atoms with Crippen molar-refractivity contribution in [1.29, 1.82) is 0 Å². The second-order valence-corrected chi connectivity index (χ2v) is 6.30. The number of ether oxygens (including phenoxy) is 1. The van der Waals surface area contributed by atoms with Crippen LogP contribution in [0.15, 0.2) is 30.6 Å². The molecule has 8 nitrogen and oxygen atoms in total. The van der Waals surface area contributed by atoms with Crippen LogP contribution in [0.3, 0.4) is 0 Å². The Hall–Kier alpha value is -2.45. The van der Waals surface area contributed by atoms with E-state index in [4.69, 9.17) is 4.74 Å². The minimum absolute atomic E-state index is 0.0650. The average Bonchev–Trinajstić information content (AvgIpc) is 2.95.